The highest BCUT2D eigenvalue weighted by molar-refractivity contribution is 7.92. The van der Waals surface area contributed by atoms with Crippen molar-refractivity contribution in [3.8, 4) is 0 Å². The highest BCUT2D eigenvalue weighted by atomic mass is 32.2. The third kappa shape index (κ3) is 4.31. The number of nitrogens with one attached hydrogen (secondary N) is 2. The summed E-state index contributed by atoms with van der Waals surface area (Å²) < 4.78 is 33.4. The van der Waals surface area contributed by atoms with Crippen LogP contribution in [0.25, 0.3) is 0 Å². The maximum atomic E-state index is 13.1. The second-order valence-corrected chi connectivity index (χ2v) is 10.4. The van der Waals surface area contributed by atoms with Crippen LogP contribution in [0, 0.1) is 16.0 Å². The number of carbonyl (C=O) groups is 1. The van der Waals surface area contributed by atoms with Crippen LogP contribution in [0.3, 0.4) is 0 Å². The Hall–Kier alpha value is -4.18. The Bertz CT molecular complexity index is 1480. The molecule has 0 aromatic heterocycles. The fourth-order valence-corrected chi connectivity index (χ4v) is 6.00. The lowest BCUT2D eigenvalue weighted by molar-refractivity contribution is -0.384. The Morgan fingerprint density at radius 3 is 2.61 bits per heavy atom. The number of nitrogens with zero attached hydrogens (tertiary/aromatic N) is 1. The first-order valence-electron chi connectivity index (χ1n) is 11.3. The van der Waals surface area contributed by atoms with E-state index in [1.807, 2.05) is 12.1 Å². The molecule has 0 bridgehead atoms. The van der Waals surface area contributed by atoms with Crippen molar-refractivity contribution < 1.29 is 22.9 Å². The molecule has 36 heavy (non-hydrogen) atoms. The van der Waals surface area contributed by atoms with Gasteiger partial charge in [0.05, 0.1) is 34.2 Å². The predicted octanol–water partition coefficient (Wildman–Crippen LogP) is 5.01. The van der Waals surface area contributed by atoms with E-state index in [-0.39, 0.29) is 34.1 Å². The van der Waals surface area contributed by atoms with Gasteiger partial charge >= 0.3 is 5.97 Å². The van der Waals surface area contributed by atoms with Crippen LogP contribution in [-0.2, 0) is 14.8 Å². The number of methoxy groups -OCH3 is 1. The largest absolute Gasteiger partial charge is 0.465 e. The van der Waals surface area contributed by atoms with Gasteiger partial charge in [0.15, 0.2) is 0 Å². The molecule has 184 valence electrons. The van der Waals surface area contributed by atoms with Crippen molar-refractivity contribution in [2.45, 2.75) is 23.3 Å². The van der Waals surface area contributed by atoms with Crippen LogP contribution in [0.1, 0.15) is 39.9 Å². The van der Waals surface area contributed by atoms with Crippen molar-refractivity contribution in [3.63, 3.8) is 0 Å². The summed E-state index contributed by atoms with van der Waals surface area (Å²) in [5, 5.41) is 14.6. The van der Waals surface area contributed by atoms with E-state index in [4.69, 9.17) is 4.74 Å². The van der Waals surface area contributed by atoms with Crippen molar-refractivity contribution in [3.05, 3.63) is 106 Å². The van der Waals surface area contributed by atoms with Gasteiger partial charge in [0, 0.05) is 23.7 Å². The number of carbonyl (C=O) groups excluding carboxylic acids is 1. The molecular weight excluding hydrogens is 482 g/mol. The van der Waals surface area contributed by atoms with E-state index in [1.165, 1.54) is 37.4 Å². The van der Waals surface area contributed by atoms with Gasteiger partial charge < -0.3 is 10.1 Å². The number of non-ortho nitro benzene ring substituents is 1. The number of sulfonamides is 1. The van der Waals surface area contributed by atoms with Gasteiger partial charge in [0.25, 0.3) is 15.7 Å². The number of nitro groups is 1. The molecule has 0 fully saturated rings. The van der Waals surface area contributed by atoms with Crippen LogP contribution in [0.5, 0.6) is 0 Å². The van der Waals surface area contributed by atoms with Crippen LogP contribution in [-0.4, -0.2) is 26.4 Å². The Balaban J connectivity index is 1.44. The Kier molecular flexibility index (Phi) is 5.97. The van der Waals surface area contributed by atoms with E-state index in [9.17, 15) is 23.3 Å². The minimum Gasteiger partial charge on any atom is -0.465 e. The quantitative estimate of drug-likeness (QED) is 0.209. The molecule has 0 saturated heterocycles. The first-order valence-corrected chi connectivity index (χ1v) is 12.8. The number of rotatable bonds is 6. The van der Waals surface area contributed by atoms with Crippen LogP contribution in [0.15, 0.2) is 83.8 Å². The molecule has 10 heteroatoms. The minimum absolute atomic E-state index is 0.0134. The fraction of sp³-hybridized carbons (Fsp3) is 0.192. The Morgan fingerprint density at radius 2 is 1.89 bits per heavy atom. The van der Waals surface area contributed by atoms with Crippen molar-refractivity contribution in [2.75, 3.05) is 17.1 Å². The second-order valence-electron chi connectivity index (χ2n) is 8.75. The van der Waals surface area contributed by atoms with Gasteiger partial charge in [0.1, 0.15) is 0 Å². The molecule has 0 radical (unpaired) electrons. The molecule has 9 nitrogen and oxygen atoms in total. The molecule has 1 aliphatic heterocycles. The van der Waals surface area contributed by atoms with E-state index < -0.39 is 20.9 Å². The molecule has 3 atom stereocenters. The van der Waals surface area contributed by atoms with Gasteiger partial charge in [-0.1, -0.05) is 30.4 Å². The summed E-state index contributed by atoms with van der Waals surface area (Å²) >= 11 is 0. The third-order valence-electron chi connectivity index (χ3n) is 6.64. The molecule has 2 N–H and O–H groups in total. The normalized spacial score (nSPS) is 20.1. The monoisotopic (exact) mass is 505 g/mol. The molecule has 3 aromatic rings. The van der Waals surface area contributed by atoms with Gasteiger partial charge in [0.2, 0.25) is 0 Å². The lowest BCUT2D eigenvalue weighted by atomic mass is 9.77. The fourth-order valence-electron chi connectivity index (χ4n) is 4.91. The molecule has 0 unspecified atom stereocenters. The van der Waals surface area contributed by atoms with Gasteiger partial charge in [-0.15, -0.1) is 0 Å². The zero-order valence-corrected chi connectivity index (χ0v) is 20.1. The lowest BCUT2D eigenvalue weighted by Gasteiger charge is -2.37. The van der Waals surface area contributed by atoms with Crippen LogP contribution in [0.4, 0.5) is 17.1 Å². The smallest absolute Gasteiger partial charge is 0.337 e. The van der Waals surface area contributed by atoms with Gasteiger partial charge in [-0.05, 0) is 59.9 Å². The van der Waals surface area contributed by atoms with Crippen LogP contribution < -0.4 is 10.0 Å². The number of nitro benzene ring substituents is 1. The topological polar surface area (TPSA) is 128 Å². The number of anilines is 2. The van der Waals surface area contributed by atoms with Crippen molar-refractivity contribution in [2.24, 2.45) is 5.92 Å². The van der Waals surface area contributed by atoms with Crippen molar-refractivity contribution >= 4 is 33.1 Å². The maximum absolute atomic E-state index is 13.1. The zero-order valence-electron chi connectivity index (χ0n) is 19.2. The minimum atomic E-state index is -3.97. The highest BCUT2D eigenvalue weighted by Gasteiger charge is 2.38. The van der Waals surface area contributed by atoms with Crippen LogP contribution >= 0.6 is 0 Å². The molecular formula is C26H23N3O6S. The zero-order chi connectivity index (χ0) is 25.4. The number of hydrogen-bond acceptors (Lipinski definition) is 7. The maximum Gasteiger partial charge on any atom is 0.337 e. The molecule has 1 heterocycles. The average Bonchev–Trinajstić information content (AvgIpc) is 3.38. The van der Waals surface area contributed by atoms with Crippen molar-refractivity contribution in [1.82, 2.24) is 0 Å². The van der Waals surface area contributed by atoms with Crippen molar-refractivity contribution in [1.29, 1.82) is 0 Å². The molecule has 1 aliphatic carbocycles. The molecule has 0 amide bonds. The van der Waals surface area contributed by atoms with Gasteiger partial charge in [-0.3, -0.25) is 14.8 Å². The number of allylic oxidation sites excluding steroid dienone is 2. The average molecular weight is 506 g/mol. The summed E-state index contributed by atoms with van der Waals surface area (Å²) in [5.41, 5.74) is 3.13. The molecule has 0 spiro atoms. The number of ether oxygens (including phenoxy) is 1. The van der Waals surface area contributed by atoms with E-state index >= 15 is 0 Å². The first-order chi connectivity index (χ1) is 17.3. The van der Waals surface area contributed by atoms with Gasteiger partial charge in [-0.25, -0.2) is 13.2 Å². The molecule has 0 saturated carbocycles. The summed E-state index contributed by atoms with van der Waals surface area (Å²) in [6, 6.07) is 17.6. The third-order valence-corrected chi connectivity index (χ3v) is 8.02. The molecule has 5 rings (SSSR count). The Morgan fingerprint density at radius 1 is 1.11 bits per heavy atom. The van der Waals surface area contributed by atoms with E-state index in [0.29, 0.717) is 5.56 Å². The number of fused-ring (bicyclic) bond motifs is 3. The second kappa shape index (κ2) is 9.12. The standard InChI is InChI=1S/C26H23N3O6S/c1-35-26(30)17-10-8-16(9-11-17)25-22-7-3-6-21(22)23-15-20(12-13-24(23)27-25)36(33,34)28-18-4-2-5-19(14-18)29(31)32/h2-6,8-15,21-22,25,27-28H,7H2,1H3/t21-,22+,25+/m0/s1. The van der Waals surface area contributed by atoms with Crippen LogP contribution in [0.2, 0.25) is 0 Å². The summed E-state index contributed by atoms with van der Waals surface area (Å²) in [7, 11) is -2.62. The van der Waals surface area contributed by atoms with Gasteiger partial charge in [-0.2, -0.15) is 0 Å². The number of esters is 1. The highest BCUT2D eigenvalue weighted by Crippen LogP contribution is 2.50. The summed E-state index contributed by atoms with van der Waals surface area (Å²) in [6.45, 7) is 0. The first kappa shape index (κ1) is 23.6. The van der Waals surface area contributed by atoms with E-state index in [0.717, 1.165) is 23.2 Å². The molecule has 3 aromatic carbocycles. The number of benzene rings is 3. The van der Waals surface area contributed by atoms with E-state index in [2.05, 4.69) is 22.2 Å². The lowest BCUT2D eigenvalue weighted by Crippen LogP contribution is -2.29. The Labute approximate surface area is 208 Å². The summed E-state index contributed by atoms with van der Waals surface area (Å²) in [5.74, 6) is -0.208. The summed E-state index contributed by atoms with van der Waals surface area (Å²) in [6.07, 6.45) is 5.03. The SMILES string of the molecule is COC(=O)c1ccc([C@H]2Nc3ccc(S(=O)(=O)Nc4cccc([N+](=O)[O-])c4)cc3[C@H]3C=CC[C@H]32)cc1. The summed E-state index contributed by atoms with van der Waals surface area (Å²) in [4.78, 5) is 22.3. The van der Waals surface area contributed by atoms with E-state index in [1.54, 1.807) is 24.3 Å². The molecule has 2 aliphatic rings. The number of hydrogen-bond donors (Lipinski definition) is 2. The predicted molar refractivity (Wildman–Crippen MR) is 134 cm³/mol.